The Morgan fingerprint density at radius 3 is 2.52 bits per heavy atom. The summed E-state index contributed by atoms with van der Waals surface area (Å²) in [5, 5.41) is 10.2. The van der Waals surface area contributed by atoms with Crippen molar-refractivity contribution in [3.05, 3.63) is 62.5 Å². The van der Waals surface area contributed by atoms with E-state index in [0.717, 1.165) is 10.6 Å². The van der Waals surface area contributed by atoms with E-state index in [1.807, 2.05) is 16.8 Å². The number of carbonyl (C=O) groups excluding carboxylic acids is 2. The number of rotatable bonds is 6. The molecule has 0 spiro atoms. The normalized spacial score (nSPS) is 10.6. The number of aryl methyl sites for hydroxylation is 2. The van der Waals surface area contributed by atoms with E-state index < -0.39 is 5.82 Å². The zero-order valence-corrected chi connectivity index (χ0v) is 16.5. The molecule has 3 rings (SSSR count). The van der Waals surface area contributed by atoms with Gasteiger partial charge in [0.2, 0.25) is 0 Å². The summed E-state index contributed by atoms with van der Waals surface area (Å²) in [6.45, 7) is 3.95. The van der Waals surface area contributed by atoms with Crippen molar-refractivity contribution in [2.24, 2.45) is 0 Å². The molecule has 0 fully saturated rings. The van der Waals surface area contributed by atoms with E-state index in [9.17, 15) is 14.0 Å². The van der Waals surface area contributed by atoms with E-state index in [1.54, 1.807) is 37.3 Å². The summed E-state index contributed by atoms with van der Waals surface area (Å²) in [6.07, 6.45) is 0. The van der Waals surface area contributed by atoms with Crippen molar-refractivity contribution in [3.8, 4) is 10.6 Å². The number of halogens is 1. The quantitative estimate of drug-likeness (QED) is 0.615. The summed E-state index contributed by atoms with van der Waals surface area (Å²) in [5.74, 6) is -1.02. The molecule has 0 aliphatic heterocycles. The number of carbonyl (C=O) groups is 2. The minimum absolute atomic E-state index is 0.220. The lowest BCUT2D eigenvalue weighted by Crippen LogP contribution is -2.34. The van der Waals surface area contributed by atoms with Crippen LogP contribution >= 0.6 is 22.7 Å². The van der Waals surface area contributed by atoms with Gasteiger partial charge in [-0.2, -0.15) is 11.3 Å². The number of nitrogens with one attached hydrogen (secondary N) is 2. The average molecular weight is 404 g/mol. The van der Waals surface area contributed by atoms with Gasteiger partial charge in [0.15, 0.2) is 0 Å². The predicted molar refractivity (Wildman–Crippen MR) is 106 cm³/mol. The van der Waals surface area contributed by atoms with Gasteiger partial charge in [-0.3, -0.25) is 9.59 Å². The minimum atomic E-state index is -0.418. The Hall–Kier alpha value is -2.58. The standard InChI is InChI=1S/C19H18FN3O2S2/c1-11-3-4-13(9-15(11)20)17(24)21-6-7-22-18(25)16-12(2)23-19(27-16)14-5-8-26-10-14/h3-5,8-10H,6-7H2,1-2H3,(H,21,24)(H,22,25). The fourth-order valence-electron chi connectivity index (χ4n) is 2.39. The van der Waals surface area contributed by atoms with Crippen LogP contribution in [0.4, 0.5) is 4.39 Å². The number of hydrogen-bond acceptors (Lipinski definition) is 5. The summed E-state index contributed by atoms with van der Waals surface area (Å²) in [7, 11) is 0. The molecule has 0 aliphatic carbocycles. The molecule has 0 bridgehead atoms. The zero-order chi connectivity index (χ0) is 19.4. The van der Waals surface area contributed by atoms with Crippen LogP contribution in [0.15, 0.2) is 35.0 Å². The molecule has 0 unspecified atom stereocenters. The second-order valence-corrected chi connectivity index (χ2v) is 7.70. The van der Waals surface area contributed by atoms with E-state index in [0.29, 0.717) is 16.1 Å². The lowest BCUT2D eigenvalue weighted by Gasteiger charge is -2.07. The summed E-state index contributed by atoms with van der Waals surface area (Å²) in [5.41, 5.74) is 2.42. The Morgan fingerprint density at radius 1 is 1.11 bits per heavy atom. The third-order valence-electron chi connectivity index (χ3n) is 3.90. The fraction of sp³-hybridized carbons (Fsp3) is 0.211. The van der Waals surface area contributed by atoms with Crippen molar-refractivity contribution in [2.45, 2.75) is 13.8 Å². The lowest BCUT2D eigenvalue weighted by atomic mass is 10.1. The zero-order valence-electron chi connectivity index (χ0n) is 14.8. The molecule has 5 nitrogen and oxygen atoms in total. The van der Waals surface area contributed by atoms with E-state index in [2.05, 4.69) is 15.6 Å². The van der Waals surface area contributed by atoms with Crippen molar-refractivity contribution in [3.63, 3.8) is 0 Å². The highest BCUT2D eigenvalue weighted by Crippen LogP contribution is 2.29. The Kier molecular flexibility index (Phi) is 5.98. The molecule has 0 radical (unpaired) electrons. The summed E-state index contributed by atoms with van der Waals surface area (Å²) >= 11 is 2.92. The molecule has 140 valence electrons. The van der Waals surface area contributed by atoms with Gasteiger partial charge in [-0.15, -0.1) is 11.3 Å². The van der Waals surface area contributed by atoms with Crippen molar-refractivity contribution in [1.82, 2.24) is 15.6 Å². The molecule has 27 heavy (non-hydrogen) atoms. The van der Waals surface area contributed by atoms with Crippen LogP contribution in [0.3, 0.4) is 0 Å². The Balaban J connectivity index is 1.51. The molecular weight excluding hydrogens is 385 g/mol. The third-order valence-corrected chi connectivity index (χ3v) is 5.79. The lowest BCUT2D eigenvalue weighted by molar-refractivity contribution is 0.0929. The van der Waals surface area contributed by atoms with Crippen LogP contribution in [0.25, 0.3) is 10.6 Å². The van der Waals surface area contributed by atoms with E-state index in [1.165, 1.54) is 17.4 Å². The summed E-state index contributed by atoms with van der Waals surface area (Å²) in [6, 6.07) is 6.30. The molecule has 2 aromatic heterocycles. The number of thiophene rings is 1. The molecule has 0 saturated heterocycles. The van der Waals surface area contributed by atoms with E-state index >= 15 is 0 Å². The number of hydrogen-bond donors (Lipinski definition) is 2. The molecule has 0 atom stereocenters. The average Bonchev–Trinajstić information content (AvgIpc) is 3.30. The van der Waals surface area contributed by atoms with Gasteiger partial charge in [0.25, 0.3) is 11.8 Å². The van der Waals surface area contributed by atoms with Gasteiger partial charge in [0.1, 0.15) is 15.7 Å². The van der Waals surface area contributed by atoms with Crippen LogP contribution in [0.5, 0.6) is 0 Å². The molecule has 8 heteroatoms. The number of nitrogens with zero attached hydrogens (tertiary/aromatic N) is 1. The number of thiazole rings is 1. The Morgan fingerprint density at radius 2 is 1.85 bits per heavy atom. The van der Waals surface area contributed by atoms with Gasteiger partial charge in [-0.1, -0.05) is 6.07 Å². The highest BCUT2D eigenvalue weighted by atomic mass is 32.1. The van der Waals surface area contributed by atoms with Crippen molar-refractivity contribution in [2.75, 3.05) is 13.1 Å². The first-order chi connectivity index (χ1) is 13.0. The summed E-state index contributed by atoms with van der Waals surface area (Å²) in [4.78, 5) is 29.4. The number of amides is 2. The SMILES string of the molecule is Cc1ccc(C(=O)NCCNC(=O)c2sc(-c3ccsc3)nc2C)cc1F. The molecule has 2 N–H and O–H groups in total. The van der Waals surface area contributed by atoms with Gasteiger partial charge in [0.05, 0.1) is 5.69 Å². The van der Waals surface area contributed by atoms with Gasteiger partial charge in [0, 0.05) is 29.6 Å². The largest absolute Gasteiger partial charge is 0.350 e. The smallest absolute Gasteiger partial charge is 0.263 e. The molecule has 3 aromatic rings. The van der Waals surface area contributed by atoms with Crippen LogP contribution in [0, 0.1) is 19.7 Å². The van der Waals surface area contributed by atoms with Gasteiger partial charge < -0.3 is 10.6 Å². The monoisotopic (exact) mass is 403 g/mol. The van der Waals surface area contributed by atoms with E-state index in [-0.39, 0.29) is 30.5 Å². The van der Waals surface area contributed by atoms with Crippen molar-refractivity contribution >= 4 is 34.5 Å². The first-order valence-electron chi connectivity index (χ1n) is 8.28. The summed E-state index contributed by atoms with van der Waals surface area (Å²) < 4.78 is 13.5. The Labute approximate surface area is 164 Å². The Bertz CT molecular complexity index is 968. The molecule has 1 aromatic carbocycles. The van der Waals surface area contributed by atoms with Crippen LogP contribution in [0.2, 0.25) is 0 Å². The first kappa shape index (κ1) is 19.2. The molecule has 0 aliphatic rings. The fourth-order valence-corrected chi connectivity index (χ4v) is 4.08. The van der Waals surface area contributed by atoms with Crippen LogP contribution < -0.4 is 10.6 Å². The third kappa shape index (κ3) is 4.58. The topological polar surface area (TPSA) is 71.1 Å². The highest BCUT2D eigenvalue weighted by Gasteiger charge is 2.16. The molecular formula is C19H18FN3O2S2. The van der Waals surface area contributed by atoms with Gasteiger partial charge >= 0.3 is 0 Å². The first-order valence-corrected chi connectivity index (χ1v) is 10.0. The van der Waals surface area contributed by atoms with Crippen molar-refractivity contribution in [1.29, 1.82) is 0 Å². The molecule has 2 amide bonds. The minimum Gasteiger partial charge on any atom is -0.350 e. The van der Waals surface area contributed by atoms with E-state index in [4.69, 9.17) is 0 Å². The second kappa shape index (κ2) is 8.41. The molecule has 2 heterocycles. The van der Waals surface area contributed by atoms with Gasteiger partial charge in [-0.05, 0) is 43.0 Å². The second-order valence-electron chi connectivity index (χ2n) is 5.92. The maximum absolute atomic E-state index is 13.5. The van der Waals surface area contributed by atoms with Crippen LogP contribution in [-0.2, 0) is 0 Å². The molecule has 0 saturated carbocycles. The van der Waals surface area contributed by atoms with Gasteiger partial charge in [-0.25, -0.2) is 9.37 Å². The highest BCUT2D eigenvalue weighted by molar-refractivity contribution is 7.17. The predicted octanol–water partition coefficient (Wildman–Crippen LogP) is 3.79. The number of aromatic nitrogens is 1. The van der Waals surface area contributed by atoms with Crippen LogP contribution in [-0.4, -0.2) is 29.9 Å². The number of benzene rings is 1. The maximum Gasteiger partial charge on any atom is 0.263 e. The van der Waals surface area contributed by atoms with Crippen LogP contribution in [0.1, 0.15) is 31.3 Å². The maximum atomic E-state index is 13.5. The van der Waals surface area contributed by atoms with Crippen molar-refractivity contribution < 1.29 is 14.0 Å².